The van der Waals surface area contributed by atoms with Gasteiger partial charge in [-0.2, -0.15) is 0 Å². The van der Waals surface area contributed by atoms with Crippen LogP contribution in [0.15, 0.2) is 0 Å². The van der Waals surface area contributed by atoms with Gasteiger partial charge in [0, 0.05) is 12.6 Å². The Kier molecular flexibility index (Phi) is 3.51. The van der Waals surface area contributed by atoms with Gasteiger partial charge in [-0.3, -0.25) is 4.79 Å². The Bertz CT molecular complexity index is 317. The average molecular weight is 242 g/mol. The molecule has 1 saturated carbocycles. The summed E-state index contributed by atoms with van der Waals surface area (Å²) in [7, 11) is 0. The van der Waals surface area contributed by atoms with Gasteiger partial charge in [0.1, 0.15) is 6.54 Å². The summed E-state index contributed by atoms with van der Waals surface area (Å²) in [6, 6.07) is -0.289. The maximum absolute atomic E-state index is 12.2. The van der Waals surface area contributed by atoms with Crippen LogP contribution in [-0.2, 0) is 4.79 Å². The molecule has 0 radical (unpaired) electrons. The molecule has 0 aromatic heterocycles. The van der Waals surface area contributed by atoms with E-state index in [1.165, 1.54) is 4.90 Å². The van der Waals surface area contributed by atoms with Crippen LogP contribution in [0.1, 0.15) is 25.7 Å². The minimum atomic E-state index is -0.981. The number of aliphatic carboxylic acids is 1. The van der Waals surface area contributed by atoms with Crippen molar-refractivity contribution >= 4 is 12.0 Å². The number of carboxylic acid groups (broad SMARTS) is 1. The van der Waals surface area contributed by atoms with Crippen molar-refractivity contribution in [1.82, 2.24) is 9.80 Å². The van der Waals surface area contributed by atoms with Crippen LogP contribution in [0.5, 0.6) is 0 Å². The molecule has 0 bridgehead atoms. The van der Waals surface area contributed by atoms with E-state index in [1.807, 2.05) is 0 Å². The van der Waals surface area contributed by atoms with E-state index in [2.05, 4.69) is 0 Å². The van der Waals surface area contributed by atoms with Crippen molar-refractivity contribution in [2.24, 2.45) is 0 Å². The number of likely N-dealkylation sites (tertiary alicyclic amines) is 1. The van der Waals surface area contributed by atoms with Crippen molar-refractivity contribution in [3.8, 4) is 0 Å². The van der Waals surface area contributed by atoms with Gasteiger partial charge >= 0.3 is 12.0 Å². The van der Waals surface area contributed by atoms with Crippen LogP contribution < -0.4 is 0 Å². The molecule has 0 aromatic rings. The SMILES string of the molecule is O=C(O)CN(C(=O)N1CCCC1CO)C1CC1. The molecule has 1 unspecified atom stereocenters. The summed E-state index contributed by atoms with van der Waals surface area (Å²) in [6.45, 7) is 0.336. The fourth-order valence-electron chi connectivity index (χ4n) is 2.33. The van der Waals surface area contributed by atoms with Crippen LogP contribution in [0.2, 0.25) is 0 Å². The summed E-state index contributed by atoms with van der Waals surface area (Å²) < 4.78 is 0. The van der Waals surface area contributed by atoms with Gasteiger partial charge in [-0.05, 0) is 25.7 Å². The molecule has 2 aliphatic rings. The molecule has 2 N–H and O–H groups in total. The van der Waals surface area contributed by atoms with Crippen molar-refractivity contribution in [2.45, 2.75) is 37.8 Å². The third kappa shape index (κ3) is 2.69. The molecule has 0 spiro atoms. The predicted molar refractivity (Wildman–Crippen MR) is 59.6 cm³/mol. The Morgan fingerprint density at radius 2 is 2.00 bits per heavy atom. The van der Waals surface area contributed by atoms with E-state index in [1.54, 1.807) is 4.90 Å². The summed E-state index contributed by atoms with van der Waals surface area (Å²) in [5.74, 6) is -0.981. The number of aliphatic hydroxyl groups is 1. The lowest BCUT2D eigenvalue weighted by atomic mass is 10.2. The zero-order chi connectivity index (χ0) is 12.4. The lowest BCUT2D eigenvalue weighted by Gasteiger charge is -2.30. The van der Waals surface area contributed by atoms with Crippen molar-refractivity contribution < 1.29 is 19.8 Å². The maximum atomic E-state index is 12.2. The van der Waals surface area contributed by atoms with E-state index < -0.39 is 5.97 Å². The molecule has 2 amide bonds. The highest BCUT2D eigenvalue weighted by atomic mass is 16.4. The van der Waals surface area contributed by atoms with Crippen LogP contribution in [0, 0.1) is 0 Å². The van der Waals surface area contributed by atoms with Gasteiger partial charge in [-0.15, -0.1) is 0 Å². The van der Waals surface area contributed by atoms with Gasteiger partial charge in [0.2, 0.25) is 0 Å². The lowest BCUT2D eigenvalue weighted by Crippen LogP contribution is -2.49. The Morgan fingerprint density at radius 3 is 2.53 bits per heavy atom. The Labute approximate surface area is 99.8 Å². The topological polar surface area (TPSA) is 81.1 Å². The van der Waals surface area contributed by atoms with E-state index in [0.29, 0.717) is 6.54 Å². The zero-order valence-electron chi connectivity index (χ0n) is 9.71. The van der Waals surface area contributed by atoms with E-state index in [4.69, 9.17) is 5.11 Å². The Balaban J connectivity index is 2.02. The molecule has 1 heterocycles. The monoisotopic (exact) mass is 242 g/mol. The van der Waals surface area contributed by atoms with Gasteiger partial charge in [0.25, 0.3) is 0 Å². The van der Waals surface area contributed by atoms with E-state index in [9.17, 15) is 14.7 Å². The van der Waals surface area contributed by atoms with Crippen molar-refractivity contribution in [3.63, 3.8) is 0 Å². The molecule has 2 rings (SSSR count). The number of aliphatic hydroxyl groups excluding tert-OH is 1. The first-order chi connectivity index (χ1) is 8.13. The number of carbonyl (C=O) groups is 2. The molecule has 1 aliphatic carbocycles. The van der Waals surface area contributed by atoms with Crippen molar-refractivity contribution in [1.29, 1.82) is 0 Å². The van der Waals surface area contributed by atoms with Crippen LogP contribution in [0.4, 0.5) is 4.79 Å². The van der Waals surface area contributed by atoms with Crippen LogP contribution >= 0.6 is 0 Å². The highest BCUT2D eigenvalue weighted by Gasteiger charge is 2.39. The molecule has 1 aliphatic heterocycles. The fraction of sp³-hybridized carbons (Fsp3) is 0.818. The zero-order valence-corrected chi connectivity index (χ0v) is 9.71. The standard InChI is InChI=1S/C11H18N2O4/c14-7-9-2-1-5-12(9)11(17)13(6-10(15)16)8-3-4-8/h8-9,14H,1-7H2,(H,15,16). The summed E-state index contributed by atoms with van der Waals surface area (Å²) in [5, 5.41) is 18.0. The molecular formula is C11H18N2O4. The number of urea groups is 1. The molecule has 17 heavy (non-hydrogen) atoms. The minimum Gasteiger partial charge on any atom is -0.480 e. The predicted octanol–water partition coefficient (Wildman–Crippen LogP) is 0.112. The number of nitrogens with zero attached hydrogens (tertiary/aromatic N) is 2. The summed E-state index contributed by atoms with van der Waals surface area (Å²) in [6.07, 6.45) is 3.45. The summed E-state index contributed by atoms with van der Waals surface area (Å²) in [5.41, 5.74) is 0. The Morgan fingerprint density at radius 1 is 1.29 bits per heavy atom. The van der Waals surface area contributed by atoms with E-state index in [0.717, 1.165) is 25.7 Å². The molecule has 96 valence electrons. The van der Waals surface area contributed by atoms with Gasteiger partial charge in [0.05, 0.1) is 12.6 Å². The molecule has 1 atom stereocenters. The highest BCUT2D eigenvalue weighted by Crippen LogP contribution is 2.29. The van der Waals surface area contributed by atoms with E-state index >= 15 is 0 Å². The highest BCUT2D eigenvalue weighted by molar-refractivity contribution is 5.81. The van der Waals surface area contributed by atoms with E-state index in [-0.39, 0.29) is 31.3 Å². The van der Waals surface area contributed by atoms with Crippen LogP contribution in [-0.4, -0.2) is 63.8 Å². The number of hydrogen-bond acceptors (Lipinski definition) is 3. The normalized spacial score (nSPS) is 23.8. The van der Waals surface area contributed by atoms with Crippen molar-refractivity contribution in [2.75, 3.05) is 19.7 Å². The third-order valence-electron chi connectivity index (χ3n) is 3.37. The largest absolute Gasteiger partial charge is 0.480 e. The van der Waals surface area contributed by atoms with Gasteiger partial charge in [-0.25, -0.2) is 4.79 Å². The fourth-order valence-corrected chi connectivity index (χ4v) is 2.33. The lowest BCUT2D eigenvalue weighted by molar-refractivity contribution is -0.137. The third-order valence-corrected chi connectivity index (χ3v) is 3.37. The number of carboxylic acids is 1. The number of hydrogen-bond donors (Lipinski definition) is 2. The minimum absolute atomic E-state index is 0.0443. The number of carbonyl (C=O) groups excluding carboxylic acids is 1. The Hall–Kier alpha value is -1.30. The second-order valence-corrected chi connectivity index (χ2v) is 4.71. The van der Waals surface area contributed by atoms with Gasteiger partial charge < -0.3 is 20.0 Å². The molecular weight excluding hydrogens is 224 g/mol. The second kappa shape index (κ2) is 4.91. The van der Waals surface area contributed by atoms with Gasteiger partial charge in [0.15, 0.2) is 0 Å². The molecule has 6 nitrogen and oxygen atoms in total. The first-order valence-electron chi connectivity index (χ1n) is 6.03. The number of amides is 2. The first-order valence-corrected chi connectivity index (χ1v) is 6.03. The first kappa shape index (κ1) is 12.2. The summed E-state index contributed by atoms with van der Waals surface area (Å²) >= 11 is 0. The van der Waals surface area contributed by atoms with Gasteiger partial charge in [-0.1, -0.05) is 0 Å². The van der Waals surface area contributed by atoms with Crippen LogP contribution in [0.25, 0.3) is 0 Å². The molecule has 1 saturated heterocycles. The second-order valence-electron chi connectivity index (χ2n) is 4.71. The molecule has 2 fully saturated rings. The summed E-state index contributed by atoms with van der Waals surface area (Å²) in [4.78, 5) is 26.0. The molecule has 6 heteroatoms. The average Bonchev–Trinajstić information content (AvgIpc) is 3.02. The number of rotatable bonds is 4. The quantitative estimate of drug-likeness (QED) is 0.733. The van der Waals surface area contributed by atoms with Crippen molar-refractivity contribution in [3.05, 3.63) is 0 Å². The smallest absolute Gasteiger partial charge is 0.323 e. The maximum Gasteiger partial charge on any atom is 0.323 e. The van der Waals surface area contributed by atoms with Crippen LogP contribution in [0.3, 0.4) is 0 Å². The molecule has 0 aromatic carbocycles.